The number of hydrogen-bond donors (Lipinski definition) is 1. The van der Waals surface area contributed by atoms with Gasteiger partial charge in [-0.2, -0.15) is 0 Å². The normalized spacial score (nSPS) is 21.9. The molecule has 1 aliphatic heterocycles. The molecule has 0 radical (unpaired) electrons. The van der Waals surface area contributed by atoms with Gasteiger partial charge in [-0.15, -0.1) is 0 Å². The van der Waals surface area contributed by atoms with E-state index >= 15 is 0 Å². The van der Waals surface area contributed by atoms with E-state index in [2.05, 4.69) is 17.1 Å². The third-order valence-electron chi connectivity index (χ3n) is 3.99. The Kier molecular flexibility index (Phi) is 5.49. The smallest absolute Gasteiger partial charge is 0.163 e. The van der Waals surface area contributed by atoms with E-state index < -0.39 is 11.6 Å². The number of nitrogens with zero attached hydrogens (tertiary/aromatic N) is 1. The molecule has 1 aromatic rings. The number of benzene rings is 1. The van der Waals surface area contributed by atoms with Crippen LogP contribution in [0.25, 0.3) is 0 Å². The Labute approximate surface area is 120 Å². The van der Waals surface area contributed by atoms with Crippen molar-refractivity contribution < 1.29 is 8.78 Å². The third-order valence-corrected chi connectivity index (χ3v) is 3.99. The average molecular weight is 282 g/mol. The first-order chi connectivity index (χ1) is 9.61. The first kappa shape index (κ1) is 15.4. The molecule has 0 aromatic heterocycles. The molecule has 112 valence electrons. The van der Waals surface area contributed by atoms with E-state index in [0.29, 0.717) is 11.5 Å². The highest BCUT2D eigenvalue weighted by Crippen LogP contribution is 2.23. The Morgan fingerprint density at radius 3 is 2.90 bits per heavy atom. The van der Waals surface area contributed by atoms with Gasteiger partial charge in [-0.25, -0.2) is 8.78 Å². The average Bonchev–Trinajstić information content (AvgIpc) is 2.42. The number of nitrogens with one attached hydrogen (secondary N) is 1. The summed E-state index contributed by atoms with van der Waals surface area (Å²) in [5.74, 6) is -0.802. The lowest BCUT2D eigenvalue weighted by Crippen LogP contribution is -2.40. The summed E-state index contributed by atoms with van der Waals surface area (Å²) in [5.41, 5.74) is 0.435. The molecule has 1 aliphatic rings. The summed E-state index contributed by atoms with van der Waals surface area (Å²) < 4.78 is 27.4. The molecule has 0 bridgehead atoms. The highest BCUT2D eigenvalue weighted by atomic mass is 19.2. The van der Waals surface area contributed by atoms with Gasteiger partial charge in [0.25, 0.3) is 0 Å². The van der Waals surface area contributed by atoms with Crippen LogP contribution < -0.4 is 5.32 Å². The predicted molar refractivity (Wildman–Crippen MR) is 77.6 cm³/mol. The molecule has 0 saturated carbocycles. The van der Waals surface area contributed by atoms with Gasteiger partial charge in [0.15, 0.2) is 11.6 Å². The van der Waals surface area contributed by atoms with E-state index in [0.717, 1.165) is 26.2 Å². The summed E-state index contributed by atoms with van der Waals surface area (Å²) in [5, 5.41) is 3.28. The topological polar surface area (TPSA) is 15.3 Å². The zero-order valence-electron chi connectivity index (χ0n) is 12.3. The van der Waals surface area contributed by atoms with Crippen LogP contribution in [-0.4, -0.2) is 31.1 Å². The summed E-state index contributed by atoms with van der Waals surface area (Å²) in [6.45, 7) is 7.80. The van der Waals surface area contributed by atoms with E-state index in [-0.39, 0.29) is 6.04 Å². The van der Waals surface area contributed by atoms with Gasteiger partial charge in [-0.3, -0.25) is 0 Å². The van der Waals surface area contributed by atoms with Gasteiger partial charge in [0, 0.05) is 24.7 Å². The van der Waals surface area contributed by atoms with E-state index in [9.17, 15) is 8.78 Å². The molecule has 20 heavy (non-hydrogen) atoms. The van der Waals surface area contributed by atoms with Crippen LogP contribution in [0.4, 0.5) is 8.78 Å². The highest BCUT2D eigenvalue weighted by Gasteiger charge is 2.23. The van der Waals surface area contributed by atoms with E-state index in [1.54, 1.807) is 12.1 Å². The molecule has 1 saturated heterocycles. The number of piperidine rings is 1. The molecule has 1 aromatic carbocycles. The Morgan fingerprint density at radius 1 is 1.40 bits per heavy atom. The fraction of sp³-hybridized carbons (Fsp3) is 0.625. The van der Waals surface area contributed by atoms with E-state index in [1.165, 1.54) is 18.9 Å². The van der Waals surface area contributed by atoms with Gasteiger partial charge >= 0.3 is 0 Å². The zero-order valence-corrected chi connectivity index (χ0v) is 12.3. The van der Waals surface area contributed by atoms with Crippen LogP contribution in [0.5, 0.6) is 0 Å². The Balaban J connectivity index is 2.12. The summed E-state index contributed by atoms with van der Waals surface area (Å²) in [4.78, 5) is 2.35. The molecule has 4 heteroatoms. The van der Waals surface area contributed by atoms with E-state index in [1.807, 2.05) is 6.92 Å². The standard InChI is InChI=1S/C16H24F2N2/c1-3-19-15(11-20-9-5-6-12(2)10-20)13-7-4-8-14(17)16(13)18/h4,7-8,12,15,19H,3,5-6,9-11H2,1-2H3. The molecule has 2 nitrogen and oxygen atoms in total. The Bertz CT molecular complexity index is 436. The van der Waals surface area contributed by atoms with Gasteiger partial charge in [-0.1, -0.05) is 26.0 Å². The molecule has 0 aliphatic carbocycles. The van der Waals surface area contributed by atoms with Crippen molar-refractivity contribution in [3.63, 3.8) is 0 Å². The molecule has 0 spiro atoms. The second kappa shape index (κ2) is 7.14. The molecule has 2 atom stereocenters. The van der Waals surface area contributed by atoms with Crippen molar-refractivity contribution in [2.45, 2.75) is 32.7 Å². The van der Waals surface area contributed by atoms with E-state index in [4.69, 9.17) is 0 Å². The summed E-state index contributed by atoms with van der Waals surface area (Å²) in [7, 11) is 0. The minimum atomic E-state index is -0.766. The Morgan fingerprint density at radius 2 is 2.20 bits per heavy atom. The molecule has 2 rings (SSSR count). The number of rotatable bonds is 5. The van der Waals surface area contributed by atoms with Crippen LogP contribution in [0.3, 0.4) is 0 Å². The lowest BCUT2D eigenvalue weighted by molar-refractivity contribution is 0.166. The molecule has 1 N–H and O–H groups in total. The van der Waals surface area contributed by atoms with Gasteiger partial charge in [0.1, 0.15) is 0 Å². The first-order valence-corrected chi connectivity index (χ1v) is 7.51. The zero-order chi connectivity index (χ0) is 14.5. The molecule has 2 unspecified atom stereocenters. The van der Waals surface area contributed by atoms with Crippen LogP contribution >= 0.6 is 0 Å². The van der Waals surface area contributed by atoms with Crippen molar-refractivity contribution in [1.29, 1.82) is 0 Å². The second-order valence-corrected chi connectivity index (χ2v) is 5.76. The summed E-state index contributed by atoms with van der Waals surface area (Å²) in [6.07, 6.45) is 2.45. The predicted octanol–water partition coefficient (Wildman–Crippen LogP) is 3.35. The first-order valence-electron chi connectivity index (χ1n) is 7.51. The number of hydrogen-bond acceptors (Lipinski definition) is 2. The monoisotopic (exact) mass is 282 g/mol. The fourth-order valence-corrected chi connectivity index (χ4v) is 3.02. The molecule has 0 amide bonds. The Hall–Kier alpha value is -1.00. The van der Waals surface area contributed by atoms with Crippen molar-refractivity contribution in [3.8, 4) is 0 Å². The maximum absolute atomic E-state index is 14.0. The van der Waals surface area contributed by atoms with Crippen molar-refractivity contribution in [2.24, 2.45) is 5.92 Å². The summed E-state index contributed by atoms with van der Waals surface area (Å²) >= 11 is 0. The van der Waals surface area contributed by atoms with Crippen LogP contribution in [0.15, 0.2) is 18.2 Å². The number of likely N-dealkylation sites (tertiary alicyclic amines) is 1. The fourth-order valence-electron chi connectivity index (χ4n) is 3.02. The minimum absolute atomic E-state index is 0.152. The SMILES string of the molecule is CCNC(CN1CCCC(C)C1)c1cccc(F)c1F. The van der Waals surface area contributed by atoms with Gasteiger partial charge in [-0.05, 0) is 37.9 Å². The second-order valence-electron chi connectivity index (χ2n) is 5.76. The van der Waals surface area contributed by atoms with Crippen molar-refractivity contribution in [2.75, 3.05) is 26.2 Å². The maximum Gasteiger partial charge on any atom is 0.163 e. The number of halogens is 2. The van der Waals surface area contributed by atoms with Gasteiger partial charge < -0.3 is 10.2 Å². The molecular weight excluding hydrogens is 258 g/mol. The highest BCUT2D eigenvalue weighted by molar-refractivity contribution is 5.23. The quantitative estimate of drug-likeness (QED) is 0.891. The number of likely N-dealkylation sites (N-methyl/N-ethyl adjacent to an activating group) is 1. The minimum Gasteiger partial charge on any atom is -0.309 e. The van der Waals surface area contributed by atoms with Crippen LogP contribution in [0, 0.1) is 17.6 Å². The third kappa shape index (κ3) is 3.76. The lowest BCUT2D eigenvalue weighted by Gasteiger charge is -2.34. The molecular formula is C16H24F2N2. The maximum atomic E-state index is 14.0. The van der Waals surface area contributed by atoms with Gasteiger partial charge in [0.2, 0.25) is 0 Å². The lowest BCUT2D eigenvalue weighted by atomic mass is 9.98. The van der Waals surface area contributed by atoms with Gasteiger partial charge in [0.05, 0.1) is 0 Å². The van der Waals surface area contributed by atoms with Crippen molar-refractivity contribution in [3.05, 3.63) is 35.4 Å². The molecule has 1 heterocycles. The van der Waals surface area contributed by atoms with Crippen LogP contribution in [-0.2, 0) is 0 Å². The molecule has 1 fully saturated rings. The van der Waals surface area contributed by atoms with Crippen LogP contribution in [0.2, 0.25) is 0 Å². The van der Waals surface area contributed by atoms with Crippen LogP contribution in [0.1, 0.15) is 38.3 Å². The van der Waals surface area contributed by atoms with Crippen molar-refractivity contribution >= 4 is 0 Å². The van der Waals surface area contributed by atoms with Crippen molar-refractivity contribution in [1.82, 2.24) is 10.2 Å². The largest absolute Gasteiger partial charge is 0.309 e. The summed E-state index contributed by atoms with van der Waals surface area (Å²) in [6, 6.07) is 4.28.